The number of hydrogen-bond acceptors (Lipinski definition) is 2. The van der Waals surface area contributed by atoms with Gasteiger partial charge in [-0.3, -0.25) is 0 Å². The van der Waals surface area contributed by atoms with Crippen LogP contribution in [0.25, 0.3) is 0 Å². The Morgan fingerprint density at radius 3 is 2.63 bits per heavy atom. The Bertz CT molecular complexity index is 540. The van der Waals surface area contributed by atoms with Crippen LogP contribution >= 0.6 is 11.8 Å². The average Bonchev–Trinajstić information content (AvgIpc) is 2.72. The van der Waals surface area contributed by atoms with Crippen molar-refractivity contribution in [3.05, 3.63) is 47.8 Å². The predicted octanol–water partition coefficient (Wildman–Crippen LogP) is 0.735. The molecule has 104 valence electrons. The van der Waals surface area contributed by atoms with Gasteiger partial charge in [0.05, 0.1) is 5.56 Å². The number of nitrogens with zero attached hydrogens (tertiary/aromatic N) is 2. The lowest BCUT2D eigenvalue weighted by atomic mass is 10.1. The van der Waals surface area contributed by atoms with Crippen LogP contribution in [0.4, 0.5) is 13.2 Å². The number of imidazole rings is 1. The highest BCUT2D eigenvalue weighted by molar-refractivity contribution is 7.98. The van der Waals surface area contributed by atoms with Crippen molar-refractivity contribution >= 4 is 11.8 Å². The van der Waals surface area contributed by atoms with Gasteiger partial charge in [0.1, 0.15) is 0 Å². The maximum Gasteiger partial charge on any atom is 0.416 e. The predicted molar refractivity (Wildman–Crippen MR) is 64.2 cm³/mol. The molecule has 0 unspecified atom stereocenters. The van der Waals surface area contributed by atoms with Crippen molar-refractivity contribution in [3.63, 3.8) is 0 Å². The third-order valence-electron chi connectivity index (χ3n) is 2.40. The highest BCUT2D eigenvalue weighted by Crippen LogP contribution is 2.30. The number of thioether (sulfide) groups is 1. The van der Waals surface area contributed by atoms with Crippen LogP contribution in [0.15, 0.2) is 41.8 Å². The summed E-state index contributed by atoms with van der Waals surface area (Å²) in [7, 11) is 1.85. The van der Waals surface area contributed by atoms with Gasteiger partial charge in [0.25, 0.3) is 0 Å². The molecular weight excluding hydrogens is 297 g/mol. The molecular formula is C12H11ClF3N2S-. The van der Waals surface area contributed by atoms with Crippen LogP contribution in [0, 0.1) is 0 Å². The maximum absolute atomic E-state index is 12.5. The van der Waals surface area contributed by atoms with Gasteiger partial charge in [0.15, 0.2) is 5.16 Å². The number of aromatic nitrogens is 2. The Morgan fingerprint density at radius 1 is 1.32 bits per heavy atom. The molecule has 2 nitrogen and oxygen atoms in total. The second-order valence-electron chi connectivity index (χ2n) is 3.81. The Kier molecular flexibility index (Phi) is 5.31. The highest BCUT2D eigenvalue weighted by Gasteiger charge is 2.30. The Morgan fingerprint density at radius 2 is 2.05 bits per heavy atom. The van der Waals surface area contributed by atoms with Gasteiger partial charge < -0.3 is 17.0 Å². The Balaban J connectivity index is 0.00000180. The van der Waals surface area contributed by atoms with Gasteiger partial charge in [0.2, 0.25) is 0 Å². The molecule has 0 aliphatic rings. The first-order chi connectivity index (χ1) is 8.47. The molecule has 0 amide bonds. The summed E-state index contributed by atoms with van der Waals surface area (Å²) >= 11 is 1.41. The SMILES string of the molecule is Cn1ccnc1SCc1cccc(C(F)(F)F)c1.[Cl-]. The molecule has 0 spiro atoms. The van der Waals surface area contributed by atoms with Crippen LogP contribution in [0.2, 0.25) is 0 Å². The van der Waals surface area contributed by atoms with Crippen LogP contribution in [-0.2, 0) is 19.0 Å². The van der Waals surface area contributed by atoms with Gasteiger partial charge >= 0.3 is 6.18 Å². The van der Waals surface area contributed by atoms with Crippen LogP contribution in [0.5, 0.6) is 0 Å². The monoisotopic (exact) mass is 307 g/mol. The summed E-state index contributed by atoms with van der Waals surface area (Å²) < 4.78 is 39.4. The number of aryl methyl sites for hydroxylation is 1. The van der Waals surface area contributed by atoms with E-state index in [4.69, 9.17) is 0 Å². The van der Waals surface area contributed by atoms with Crippen LogP contribution in [-0.4, -0.2) is 9.55 Å². The first-order valence-corrected chi connectivity index (χ1v) is 6.21. The molecule has 0 aliphatic heterocycles. The molecule has 0 aliphatic carbocycles. The van der Waals surface area contributed by atoms with E-state index in [0.29, 0.717) is 11.3 Å². The van der Waals surface area contributed by atoms with Crippen molar-refractivity contribution in [1.29, 1.82) is 0 Å². The number of hydrogen-bond donors (Lipinski definition) is 0. The molecule has 7 heteroatoms. The molecule has 2 rings (SSSR count). The molecule has 1 aromatic carbocycles. The lowest BCUT2D eigenvalue weighted by molar-refractivity contribution is -0.137. The summed E-state index contributed by atoms with van der Waals surface area (Å²) in [5.41, 5.74) is 0.0262. The summed E-state index contributed by atoms with van der Waals surface area (Å²) in [5.74, 6) is 0.467. The number of alkyl halides is 3. The summed E-state index contributed by atoms with van der Waals surface area (Å²) in [6, 6.07) is 5.37. The summed E-state index contributed by atoms with van der Waals surface area (Å²) in [6.07, 6.45) is -0.827. The van der Waals surface area contributed by atoms with Gasteiger partial charge in [-0.1, -0.05) is 30.0 Å². The van der Waals surface area contributed by atoms with Gasteiger partial charge in [0, 0.05) is 25.2 Å². The fourth-order valence-corrected chi connectivity index (χ4v) is 2.35. The molecule has 0 fully saturated rings. The molecule has 1 aromatic heterocycles. The van der Waals surface area contributed by atoms with E-state index in [1.165, 1.54) is 23.9 Å². The molecule has 0 saturated carbocycles. The van der Waals surface area contributed by atoms with E-state index in [1.807, 2.05) is 11.6 Å². The molecule has 19 heavy (non-hydrogen) atoms. The molecule has 2 aromatic rings. The largest absolute Gasteiger partial charge is 1.00 e. The Hall–Kier alpha value is -1.14. The van der Waals surface area contributed by atoms with Gasteiger partial charge in [-0.25, -0.2) is 4.98 Å². The lowest BCUT2D eigenvalue weighted by Gasteiger charge is -2.08. The third-order valence-corrected chi connectivity index (χ3v) is 3.53. The zero-order valence-corrected chi connectivity index (χ0v) is 11.6. The van der Waals surface area contributed by atoms with Gasteiger partial charge in [-0.05, 0) is 11.6 Å². The molecule has 0 bridgehead atoms. The Labute approximate surface area is 119 Å². The smallest absolute Gasteiger partial charge is 0.416 e. The fourth-order valence-electron chi connectivity index (χ4n) is 1.48. The van der Waals surface area contributed by atoms with Crippen molar-refractivity contribution in [3.8, 4) is 0 Å². The summed E-state index contributed by atoms with van der Waals surface area (Å²) in [6.45, 7) is 0. The number of rotatable bonds is 3. The highest BCUT2D eigenvalue weighted by atomic mass is 35.5. The second-order valence-corrected chi connectivity index (χ2v) is 4.75. The van der Waals surface area contributed by atoms with Crippen molar-refractivity contribution in [1.82, 2.24) is 9.55 Å². The van der Waals surface area contributed by atoms with Crippen molar-refractivity contribution < 1.29 is 25.6 Å². The van der Waals surface area contributed by atoms with E-state index in [9.17, 15) is 13.2 Å². The van der Waals surface area contributed by atoms with Gasteiger partial charge in [-0.2, -0.15) is 13.2 Å². The van der Waals surface area contributed by atoms with E-state index >= 15 is 0 Å². The summed E-state index contributed by atoms with van der Waals surface area (Å²) in [4.78, 5) is 4.11. The van der Waals surface area contributed by atoms with Crippen LogP contribution < -0.4 is 12.4 Å². The number of benzene rings is 1. The molecule has 1 heterocycles. The minimum absolute atomic E-state index is 0. The second kappa shape index (κ2) is 6.34. The third kappa shape index (κ3) is 4.18. The topological polar surface area (TPSA) is 17.8 Å². The van der Waals surface area contributed by atoms with Crippen molar-refractivity contribution in [2.24, 2.45) is 7.05 Å². The van der Waals surface area contributed by atoms with E-state index in [-0.39, 0.29) is 12.4 Å². The lowest BCUT2D eigenvalue weighted by Crippen LogP contribution is -3.00. The molecule has 0 radical (unpaired) electrons. The molecule has 0 N–H and O–H groups in total. The first-order valence-electron chi connectivity index (χ1n) is 5.23. The van der Waals surface area contributed by atoms with E-state index in [0.717, 1.165) is 11.2 Å². The summed E-state index contributed by atoms with van der Waals surface area (Å²) in [5, 5.41) is 0.785. The number of halogens is 4. The minimum Gasteiger partial charge on any atom is -1.00 e. The van der Waals surface area contributed by atoms with Crippen LogP contribution in [0.1, 0.15) is 11.1 Å². The normalized spacial score (nSPS) is 11.2. The molecule has 0 atom stereocenters. The van der Waals surface area contributed by atoms with E-state index in [2.05, 4.69) is 4.98 Å². The molecule has 0 saturated heterocycles. The maximum atomic E-state index is 12.5. The van der Waals surface area contributed by atoms with Crippen molar-refractivity contribution in [2.45, 2.75) is 17.1 Å². The zero-order chi connectivity index (χ0) is 13.2. The fraction of sp³-hybridized carbons (Fsp3) is 0.250. The average molecular weight is 308 g/mol. The van der Waals surface area contributed by atoms with Crippen molar-refractivity contribution in [2.75, 3.05) is 0 Å². The van der Waals surface area contributed by atoms with E-state index < -0.39 is 11.7 Å². The quantitative estimate of drug-likeness (QED) is 0.778. The van der Waals surface area contributed by atoms with Gasteiger partial charge in [-0.15, -0.1) is 0 Å². The minimum atomic E-state index is -4.29. The standard InChI is InChI=1S/C12H11F3N2S.ClH/c1-17-6-5-16-11(17)18-8-9-3-2-4-10(7-9)12(13,14)15;/h2-7H,8H2,1H3;1H/p-1. The first kappa shape index (κ1) is 15.9. The van der Waals surface area contributed by atoms with E-state index in [1.54, 1.807) is 18.5 Å². The zero-order valence-electron chi connectivity index (χ0n) is 9.99. The van der Waals surface area contributed by atoms with Crippen LogP contribution in [0.3, 0.4) is 0 Å².